The lowest BCUT2D eigenvalue weighted by atomic mass is 9.78. The van der Waals surface area contributed by atoms with Gasteiger partial charge >= 0.3 is 0 Å². The summed E-state index contributed by atoms with van der Waals surface area (Å²) in [6.07, 6.45) is 6.02. The number of hydrogen-bond donors (Lipinski definition) is 2. The molecule has 0 radical (unpaired) electrons. The molecule has 0 aliphatic heterocycles. The number of aliphatic hydroxyl groups is 1. The maximum Gasteiger partial charge on any atom is 0.0687 e. The zero-order valence-electron chi connectivity index (χ0n) is 10.1. The lowest BCUT2D eigenvalue weighted by Gasteiger charge is -2.35. The van der Waals surface area contributed by atoms with Crippen LogP contribution in [-0.2, 0) is 0 Å². The van der Waals surface area contributed by atoms with Crippen LogP contribution >= 0.6 is 0 Å². The molecule has 0 rings (SSSR count). The van der Waals surface area contributed by atoms with Crippen LogP contribution in [0.4, 0.5) is 0 Å². The molecule has 0 saturated carbocycles. The van der Waals surface area contributed by atoms with Crippen molar-refractivity contribution in [1.29, 1.82) is 0 Å². The maximum atomic E-state index is 10.5. The Morgan fingerprint density at radius 2 is 1.57 bits per heavy atom. The largest absolute Gasteiger partial charge is 0.390 e. The molecule has 0 aromatic carbocycles. The maximum absolute atomic E-state index is 10.5. The molecule has 0 heterocycles. The molecule has 0 aliphatic carbocycles. The van der Waals surface area contributed by atoms with Crippen LogP contribution in [0.25, 0.3) is 0 Å². The van der Waals surface area contributed by atoms with Gasteiger partial charge in [-0.25, -0.2) is 0 Å². The summed E-state index contributed by atoms with van der Waals surface area (Å²) in [6, 6.07) is 0. The topological polar surface area (TPSA) is 46.2 Å². The minimum absolute atomic E-state index is 0.285. The van der Waals surface area contributed by atoms with Crippen molar-refractivity contribution < 1.29 is 5.11 Å². The third-order valence-corrected chi connectivity index (χ3v) is 3.05. The zero-order valence-corrected chi connectivity index (χ0v) is 10.1. The molecule has 0 bridgehead atoms. The molecule has 0 aromatic rings. The van der Waals surface area contributed by atoms with Gasteiger partial charge in [0.25, 0.3) is 0 Å². The lowest BCUT2D eigenvalue weighted by molar-refractivity contribution is -0.0350. The van der Waals surface area contributed by atoms with Crippen molar-refractivity contribution in [2.45, 2.75) is 64.9 Å². The fourth-order valence-electron chi connectivity index (χ4n) is 2.35. The molecule has 2 nitrogen and oxygen atoms in total. The highest BCUT2D eigenvalue weighted by atomic mass is 16.3. The smallest absolute Gasteiger partial charge is 0.0687 e. The molecule has 1 unspecified atom stereocenters. The zero-order chi connectivity index (χ0) is 11.0. The molecule has 14 heavy (non-hydrogen) atoms. The molecule has 86 valence electrons. The highest BCUT2D eigenvalue weighted by molar-refractivity contribution is 4.86. The summed E-state index contributed by atoms with van der Waals surface area (Å²) in [5.74, 6) is 0.285. The number of hydrogen-bond acceptors (Lipinski definition) is 2. The fraction of sp³-hybridized carbons (Fsp3) is 1.00. The van der Waals surface area contributed by atoms with Crippen molar-refractivity contribution in [3.63, 3.8) is 0 Å². The standard InChI is InChI=1S/C12H27NO/c1-4-7-11(10-13)12(14,8-5-2)9-6-3/h11,14H,4-10,13H2,1-3H3. The van der Waals surface area contributed by atoms with E-state index in [1.54, 1.807) is 0 Å². The SMILES string of the molecule is CCCC(CN)C(O)(CCC)CCC. The number of rotatable bonds is 8. The van der Waals surface area contributed by atoms with Gasteiger partial charge in [0.2, 0.25) is 0 Å². The van der Waals surface area contributed by atoms with E-state index in [4.69, 9.17) is 5.73 Å². The molecular weight excluding hydrogens is 174 g/mol. The van der Waals surface area contributed by atoms with Gasteiger partial charge in [-0.05, 0) is 31.7 Å². The molecule has 0 aliphatic rings. The van der Waals surface area contributed by atoms with Gasteiger partial charge in [-0.1, -0.05) is 40.0 Å². The Labute approximate surface area is 88.9 Å². The summed E-state index contributed by atoms with van der Waals surface area (Å²) in [5, 5.41) is 10.5. The normalized spacial score (nSPS) is 14.4. The fourth-order valence-corrected chi connectivity index (χ4v) is 2.35. The summed E-state index contributed by atoms with van der Waals surface area (Å²) in [6.45, 7) is 7.02. The van der Waals surface area contributed by atoms with E-state index in [1.165, 1.54) is 0 Å². The second kappa shape index (κ2) is 7.24. The highest BCUT2D eigenvalue weighted by Crippen LogP contribution is 2.30. The monoisotopic (exact) mass is 201 g/mol. The Morgan fingerprint density at radius 3 is 1.86 bits per heavy atom. The average Bonchev–Trinajstić information content (AvgIpc) is 2.14. The molecule has 0 saturated heterocycles. The summed E-state index contributed by atoms with van der Waals surface area (Å²) in [7, 11) is 0. The summed E-state index contributed by atoms with van der Waals surface area (Å²) in [5.41, 5.74) is 5.24. The Kier molecular flexibility index (Phi) is 7.20. The predicted octanol–water partition coefficient (Wildman–Crippen LogP) is 2.69. The van der Waals surface area contributed by atoms with Crippen LogP contribution in [0.5, 0.6) is 0 Å². The van der Waals surface area contributed by atoms with Gasteiger partial charge in [-0.2, -0.15) is 0 Å². The van der Waals surface area contributed by atoms with Crippen molar-refractivity contribution in [2.75, 3.05) is 6.54 Å². The van der Waals surface area contributed by atoms with E-state index in [1.807, 2.05) is 0 Å². The van der Waals surface area contributed by atoms with Crippen molar-refractivity contribution >= 4 is 0 Å². The molecule has 2 heteroatoms. The van der Waals surface area contributed by atoms with Crippen LogP contribution in [0.2, 0.25) is 0 Å². The van der Waals surface area contributed by atoms with Gasteiger partial charge in [0.15, 0.2) is 0 Å². The lowest BCUT2D eigenvalue weighted by Crippen LogP contribution is -2.41. The van der Waals surface area contributed by atoms with E-state index < -0.39 is 5.60 Å². The first-order valence-corrected chi connectivity index (χ1v) is 6.07. The van der Waals surface area contributed by atoms with E-state index in [2.05, 4.69) is 20.8 Å². The van der Waals surface area contributed by atoms with Crippen molar-refractivity contribution in [3.05, 3.63) is 0 Å². The minimum Gasteiger partial charge on any atom is -0.390 e. The first kappa shape index (κ1) is 13.9. The molecule has 1 atom stereocenters. The van der Waals surface area contributed by atoms with Crippen LogP contribution in [0, 0.1) is 5.92 Å². The van der Waals surface area contributed by atoms with Crippen LogP contribution in [0.1, 0.15) is 59.3 Å². The Bertz CT molecular complexity index is 130. The first-order chi connectivity index (χ1) is 6.64. The van der Waals surface area contributed by atoms with Crippen molar-refractivity contribution in [3.8, 4) is 0 Å². The van der Waals surface area contributed by atoms with Crippen LogP contribution in [0.3, 0.4) is 0 Å². The van der Waals surface area contributed by atoms with Gasteiger partial charge in [-0.3, -0.25) is 0 Å². The third kappa shape index (κ3) is 3.97. The van der Waals surface area contributed by atoms with Crippen molar-refractivity contribution in [1.82, 2.24) is 0 Å². The molecule has 0 aromatic heterocycles. The van der Waals surface area contributed by atoms with E-state index >= 15 is 0 Å². The Morgan fingerprint density at radius 1 is 1.07 bits per heavy atom. The van der Waals surface area contributed by atoms with Gasteiger partial charge in [0.05, 0.1) is 5.60 Å². The van der Waals surface area contributed by atoms with E-state index in [9.17, 15) is 5.11 Å². The van der Waals surface area contributed by atoms with Gasteiger partial charge in [0.1, 0.15) is 0 Å². The van der Waals surface area contributed by atoms with E-state index in [-0.39, 0.29) is 5.92 Å². The molecular formula is C12H27NO. The molecule has 3 N–H and O–H groups in total. The van der Waals surface area contributed by atoms with E-state index in [0.717, 1.165) is 38.5 Å². The summed E-state index contributed by atoms with van der Waals surface area (Å²) in [4.78, 5) is 0. The van der Waals surface area contributed by atoms with Gasteiger partial charge in [0, 0.05) is 0 Å². The third-order valence-electron chi connectivity index (χ3n) is 3.05. The molecule has 0 fully saturated rings. The summed E-state index contributed by atoms with van der Waals surface area (Å²) < 4.78 is 0. The van der Waals surface area contributed by atoms with Crippen LogP contribution < -0.4 is 5.73 Å². The second-order valence-corrected chi connectivity index (χ2v) is 4.32. The van der Waals surface area contributed by atoms with Crippen LogP contribution in [0.15, 0.2) is 0 Å². The number of nitrogens with two attached hydrogens (primary N) is 1. The Hall–Kier alpha value is -0.0800. The minimum atomic E-state index is -0.506. The predicted molar refractivity (Wildman–Crippen MR) is 62.2 cm³/mol. The Balaban J connectivity index is 4.39. The highest BCUT2D eigenvalue weighted by Gasteiger charge is 2.33. The molecule has 0 amide bonds. The van der Waals surface area contributed by atoms with Gasteiger partial charge in [-0.15, -0.1) is 0 Å². The van der Waals surface area contributed by atoms with E-state index in [0.29, 0.717) is 6.54 Å². The summed E-state index contributed by atoms with van der Waals surface area (Å²) >= 11 is 0. The van der Waals surface area contributed by atoms with Crippen LogP contribution in [-0.4, -0.2) is 17.3 Å². The average molecular weight is 201 g/mol. The van der Waals surface area contributed by atoms with Gasteiger partial charge < -0.3 is 10.8 Å². The first-order valence-electron chi connectivity index (χ1n) is 6.07. The quantitative estimate of drug-likeness (QED) is 0.634. The molecule has 0 spiro atoms. The van der Waals surface area contributed by atoms with Crippen molar-refractivity contribution in [2.24, 2.45) is 11.7 Å². The second-order valence-electron chi connectivity index (χ2n) is 4.32.